The maximum Gasteiger partial charge on any atom is 0.340 e. The Morgan fingerprint density at radius 3 is 2.55 bits per heavy atom. The highest BCUT2D eigenvalue weighted by Crippen LogP contribution is 2.39. The van der Waals surface area contributed by atoms with Gasteiger partial charge in [0.2, 0.25) is 0 Å². The van der Waals surface area contributed by atoms with E-state index in [1.165, 1.54) is 0 Å². The average Bonchev–Trinajstić information content (AvgIpc) is 2.45. The van der Waals surface area contributed by atoms with Crippen LogP contribution in [0, 0.1) is 0 Å². The van der Waals surface area contributed by atoms with Gasteiger partial charge in [-0.3, -0.25) is 0 Å². The first-order valence-corrected chi connectivity index (χ1v) is 6.95. The summed E-state index contributed by atoms with van der Waals surface area (Å²) in [5.41, 5.74) is 5.63. The Bertz CT molecular complexity index is 540. The summed E-state index contributed by atoms with van der Waals surface area (Å²) >= 11 is 5.82. The van der Waals surface area contributed by atoms with E-state index in [1.807, 2.05) is 27.7 Å². The normalized spacial score (nSPS) is 23.6. The molecular weight excluding hydrogens is 278 g/mol. The Balaban J connectivity index is 2.16. The second-order valence-electron chi connectivity index (χ2n) is 6.29. The van der Waals surface area contributed by atoms with E-state index in [0.717, 1.165) is 0 Å². The summed E-state index contributed by atoms with van der Waals surface area (Å²) < 4.78 is 11.5. The Hall–Kier alpha value is -1.26. The number of carbonyl (C=O) groups excluding carboxylic acids is 1. The van der Waals surface area contributed by atoms with Crippen molar-refractivity contribution in [3.63, 3.8) is 0 Å². The molecule has 4 nitrogen and oxygen atoms in total. The molecule has 1 saturated heterocycles. The molecule has 0 saturated carbocycles. The first-order chi connectivity index (χ1) is 9.11. The molecule has 0 aliphatic carbocycles. The lowest BCUT2D eigenvalue weighted by molar-refractivity contribution is -0.0924. The molecule has 1 aliphatic rings. The number of carbonyl (C=O) groups is 1. The molecule has 110 valence electrons. The van der Waals surface area contributed by atoms with Crippen LogP contribution in [0.15, 0.2) is 18.2 Å². The standard InChI is InChI=1S/C15H20ClNO3/c1-14(2)8-12(15(3,4)20-14)19-13(18)10-6-5-9(16)7-11(10)17/h5-7,12H,8,17H2,1-4H3. The fraction of sp³-hybridized carbons (Fsp3) is 0.533. The van der Waals surface area contributed by atoms with E-state index >= 15 is 0 Å². The van der Waals surface area contributed by atoms with Gasteiger partial charge in [0.1, 0.15) is 11.7 Å². The van der Waals surface area contributed by atoms with E-state index < -0.39 is 11.6 Å². The summed E-state index contributed by atoms with van der Waals surface area (Å²) in [6.07, 6.45) is 0.347. The maximum absolute atomic E-state index is 12.2. The first kappa shape index (κ1) is 15.1. The van der Waals surface area contributed by atoms with Crippen molar-refractivity contribution in [2.24, 2.45) is 0 Å². The van der Waals surface area contributed by atoms with Gasteiger partial charge in [0, 0.05) is 17.1 Å². The van der Waals surface area contributed by atoms with Gasteiger partial charge in [0.25, 0.3) is 0 Å². The number of hydrogen-bond donors (Lipinski definition) is 1. The number of esters is 1. The van der Waals surface area contributed by atoms with E-state index in [4.69, 9.17) is 26.8 Å². The van der Waals surface area contributed by atoms with Crippen LogP contribution in [-0.2, 0) is 9.47 Å². The number of ether oxygens (including phenoxy) is 2. The van der Waals surface area contributed by atoms with Crippen molar-refractivity contribution in [1.29, 1.82) is 0 Å². The van der Waals surface area contributed by atoms with Crippen LogP contribution in [0.5, 0.6) is 0 Å². The summed E-state index contributed by atoms with van der Waals surface area (Å²) in [7, 11) is 0. The van der Waals surface area contributed by atoms with E-state index in [-0.39, 0.29) is 11.7 Å². The van der Waals surface area contributed by atoms with Crippen molar-refractivity contribution in [2.45, 2.75) is 51.4 Å². The number of nitrogen functional groups attached to an aromatic ring is 1. The molecule has 1 atom stereocenters. The van der Waals surface area contributed by atoms with E-state index in [0.29, 0.717) is 22.7 Å². The molecule has 0 aromatic heterocycles. The predicted molar refractivity (Wildman–Crippen MR) is 78.9 cm³/mol. The molecule has 1 aromatic rings. The second kappa shape index (κ2) is 4.93. The van der Waals surface area contributed by atoms with Gasteiger partial charge < -0.3 is 15.2 Å². The van der Waals surface area contributed by atoms with Crippen LogP contribution in [0.3, 0.4) is 0 Å². The zero-order valence-corrected chi connectivity index (χ0v) is 13.0. The summed E-state index contributed by atoms with van der Waals surface area (Å²) in [4.78, 5) is 12.2. The molecule has 2 rings (SSSR count). The fourth-order valence-corrected chi connectivity index (χ4v) is 2.79. The van der Waals surface area contributed by atoms with Crippen LogP contribution in [-0.4, -0.2) is 23.3 Å². The lowest BCUT2D eigenvalue weighted by Crippen LogP contribution is -2.36. The smallest absolute Gasteiger partial charge is 0.340 e. The molecule has 1 fully saturated rings. The molecule has 0 bridgehead atoms. The van der Waals surface area contributed by atoms with Gasteiger partial charge in [-0.2, -0.15) is 0 Å². The van der Waals surface area contributed by atoms with Gasteiger partial charge in [-0.05, 0) is 45.9 Å². The zero-order chi connectivity index (χ0) is 15.1. The molecule has 1 aromatic carbocycles. The number of halogens is 1. The molecular formula is C15H20ClNO3. The fourth-order valence-electron chi connectivity index (χ4n) is 2.61. The Kier molecular flexibility index (Phi) is 3.73. The van der Waals surface area contributed by atoms with Gasteiger partial charge in [0.05, 0.1) is 11.2 Å². The molecule has 1 heterocycles. The molecule has 1 unspecified atom stereocenters. The third kappa shape index (κ3) is 3.07. The summed E-state index contributed by atoms with van der Waals surface area (Å²) in [6, 6.07) is 4.74. The van der Waals surface area contributed by atoms with Gasteiger partial charge in [-0.1, -0.05) is 11.6 Å². The predicted octanol–water partition coefficient (Wildman–Crippen LogP) is 3.43. The third-order valence-electron chi connectivity index (χ3n) is 3.47. The quantitative estimate of drug-likeness (QED) is 0.671. The Labute approximate surface area is 124 Å². The van der Waals surface area contributed by atoms with Crippen LogP contribution in [0.25, 0.3) is 0 Å². The number of hydrogen-bond acceptors (Lipinski definition) is 4. The van der Waals surface area contributed by atoms with Crippen molar-refractivity contribution in [3.8, 4) is 0 Å². The summed E-state index contributed by atoms with van der Waals surface area (Å²) in [6.45, 7) is 7.81. The van der Waals surface area contributed by atoms with Crippen LogP contribution in [0.4, 0.5) is 5.69 Å². The van der Waals surface area contributed by atoms with Crippen molar-refractivity contribution < 1.29 is 14.3 Å². The van der Waals surface area contributed by atoms with Crippen LogP contribution in [0.1, 0.15) is 44.5 Å². The Morgan fingerprint density at radius 2 is 2.05 bits per heavy atom. The van der Waals surface area contributed by atoms with Gasteiger partial charge in [-0.15, -0.1) is 0 Å². The zero-order valence-electron chi connectivity index (χ0n) is 12.2. The SMILES string of the molecule is CC1(C)CC(OC(=O)c2ccc(Cl)cc2N)C(C)(C)O1. The van der Waals surface area contributed by atoms with Crippen molar-refractivity contribution in [1.82, 2.24) is 0 Å². The number of benzene rings is 1. The minimum absolute atomic E-state index is 0.305. The summed E-state index contributed by atoms with van der Waals surface area (Å²) in [5, 5.41) is 0.490. The van der Waals surface area contributed by atoms with E-state index in [1.54, 1.807) is 18.2 Å². The number of nitrogens with two attached hydrogens (primary N) is 1. The van der Waals surface area contributed by atoms with Crippen molar-refractivity contribution >= 4 is 23.3 Å². The van der Waals surface area contributed by atoms with Crippen molar-refractivity contribution in [2.75, 3.05) is 5.73 Å². The first-order valence-electron chi connectivity index (χ1n) is 6.57. The molecule has 1 aliphatic heterocycles. The molecule has 0 spiro atoms. The van der Waals surface area contributed by atoms with Crippen LogP contribution < -0.4 is 5.73 Å². The highest BCUT2D eigenvalue weighted by molar-refractivity contribution is 6.31. The van der Waals surface area contributed by atoms with E-state index in [9.17, 15) is 4.79 Å². The van der Waals surface area contributed by atoms with Gasteiger partial charge >= 0.3 is 5.97 Å². The van der Waals surface area contributed by atoms with Crippen LogP contribution in [0.2, 0.25) is 5.02 Å². The molecule has 2 N–H and O–H groups in total. The van der Waals surface area contributed by atoms with Crippen LogP contribution >= 0.6 is 11.6 Å². The Morgan fingerprint density at radius 1 is 1.40 bits per heavy atom. The van der Waals surface area contributed by atoms with E-state index in [2.05, 4.69) is 0 Å². The van der Waals surface area contributed by atoms with Crippen molar-refractivity contribution in [3.05, 3.63) is 28.8 Å². The maximum atomic E-state index is 12.2. The largest absolute Gasteiger partial charge is 0.456 e. The van der Waals surface area contributed by atoms with Gasteiger partial charge in [0.15, 0.2) is 0 Å². The van der Waals surface area contributed by atoms with Gasteiger partial charge in [-0.25, -0.2) is 4.79 Å². The minimum Gasteiger partial charge on any atom is -0.456 e. The molecule has 20 heavy (non-hydrogen) atoms. The topological polar surface area (TPSA) is 61.5 Å². The molecule has 0 amide bonds. The summed E-state index contributed by atoms with van der Waals surface area (Å²) in [5.74, 6) is -0.446. The number of rotatable bonds is 2. The lowest BCUT2D eigenvalue weighted by Gasteiger charge is -2.26. The monoisotopic (exact) mass is 297 g/mol. The molecule has 5 heteroatoms. The second-order valence-corrected chi connectivity index (χ2v) is 6.73. The lowest BCUT2D eigenvalue weighted by atomic mass is 9.97. The third-order valence-corrected chi connectivity index (χ3v) is 3.71. The highest BCUT2D eigenvalue weighted by Gasteiger charge is 2.48. The number of anilines is 1. The average molecular weight is 298 g/mol. The highest BCUT2D eigenvalue weighted by atomic mass is 35.5. The molecule has 0 radical (unpaired) electrons. The minimum atomic E-state index is -0.514.